The summed E-state index contributed by atoms with van der Waals surface area (Å²) in [5, 5.41) is 11.3. The molecule has 1 aromatic carbocycles. The van der Waals surface area contributed by atoms with Crippen LogP contribution in [0.3, 0.4) is 0 Å². The highest BCUT2D eigenvalue weighted by Crippen LogP contribution is 2.17. The Bertz CT molecular complexity index is 691. The number of aromatic carboxylic acids is 1. The van der Waals surface area contributed by atoms with Gasteiger partial charge in [-0.2, -0.15) is 0 Å². The number of pyridine rings is 1. The summed E-state index contributed by atoms with van der Waals surface area (Å²) in [6.45, 7) is 0. The Hall–Kier alpha value is -2.47. The topological polar surface area (TPSA) is 79.3 Å². The molecule has 5 nitrogen and oxygen atoms in total. The molecule has 0 aliphatic rings. The number of halogens is 2. The van der Waals surface area contributed by atoms with Crippen molar-refractivity contribution >= 4 is 29.2 Å². The minimum Gasteiger partial charge on any atom is -0.478 e. The predicted molar refractivity (Wildman–Crippen MR) is 70.6 cm³/mol. The summed E-state index contributed by atoms with van der Waals surface area (Å²) >= 11 is 5.72. The molecule has 0 saturated carbocycles. The number of carboxylic acid groups (broad SMARTS) is 1. The maximum absolute atomic E-state index is 13.6. The highest BCUT2D eigenvalue weighted by atomic mass is 35.5. The third-order valence-electron chi connectivity index (χ3n) is 2.42. The number of carbonyl (C=O) groups is 2. The van der Waals surface area contributed by atoms with Gasteiger partial charge in [0.15, 0.2) is 0 Å². The molecule has 2 aromatic rings. The van der Waals surface area contributed by atoms with Gasteiger partial charge in [-0.05, 0) is 30.3 Å². The fourth-order valence-corrected chi connectivity index (χ4v) is 1.62. The Morgan fingerprint density at radius 1 is 1.25 bits per heavy atom. The van der Waals surface area contributed by atoms with E-state index in [2.05, 4.69) is 10.3 Å². The van der Waals surface area contributed by atoms with E-state index >= 15 is 0 Å². The molecule has 1 amide bonds. The largest absolute Gasteiger partial charge is 0.478 e. The molecule has 0 aliphatic heterocycles. The van der Waals surface area contributed by atoms with Crippen molar-refractivity contribution in [3.63, 3.8) is 0 Å². The summed E-state index contributed by atoms with van der Waals surface area (Å²) in [5.41, 5.74) is -0.317. The number of rotatable bonds is 3. The van der Waals surface area contributed by atoms with Crippen molar-refractivity contribution in [2.75, 3.05) is 5.32 Å². The molecule has 2 rings (SSSR count). The van der Waals surface area contributed by atoms with Gasteiger partial charge in [0.05, 0.1) is 11.3 Å². The standard InChI is InChI=1S/C13H8ClFN2O3/c14-8-3-4-16-11(6-8)12(18)17-10-2-1-7(13(19)20)5-9(10)15/h1-6H,(H,17,18)(H,19,20). The van der Waals surface area contributed by atoms with E-state index in [9.17, 15) is 14.0 Å². The Labute approximate surface area is 118 Å². The fraction of sp³-hybridized carbons (Fsp3) is 0. The Kier molecular flexibility index (Phi) is 3.95. The zero-order valence-electron chi connectivity index (χ0n) is 9.93. The normalized spacial score (nSPS) is 10.1. The monoisotopic (exact) mass is 294 g/mol. The summed E-state index contributed by atoms with van der Waals surface area (Å²) in [4.78, 5) is 26.3. The summed E-state index contributed by atoms with van der Waals surface area (Å²) in [5.74, 6) is -2.74. The molecule has 0 fully saturated rings. The Balaban J connectivity index is 2.22. The van der Waals surface area contributed by atoms with Crippen molar-refractivity contribution in [1.29, 1.82) is 0 Å². The second kappa shape index (κ2) is 5.66. The fourth-order valence-electron chi connectivity index (χ4n) is 1.46. The molecule has 1 aromatic heterocycles. The minimum absolute atomic E-state index is 0.0270. The molecular weight excluding hydrogens is 287 g/mol. The van der Waals surface area contributed by atoms with E-state index in [0.29, 0.717) is 5.02 Å². The number of anilines is 1. The van der Waals surface area contributed by atoms with Gasteiger partial charge in [-0.1, -0.05) is 11.6 Å². The summed E-state index contributed by atoms with van der Waals surface area (Å²) < 4.78 is 13.6. The van der Waals surface area contributed by atoms with Crippen LogP contribution in [0.2, 0.25) is 5.02 Å². The molecule has 1 heterocycles. The van der Waals surface area contributed by atoms with Crippen molar-refractivity contribution in [3.8, 4) is 0 Å². The van der Waals surface area contributed by atoms with Crippen LogP contribution in [0.1, 0.15) is 20.8 Å². The number of aromatic nitrogens is 1. The van der Waals surface area contributed by atoms with E-state index in [1.807, 2.05) is 0 Å². The zero-order valence-corrected chi connectivity index (χ0v) is 10.7. The number of hydrogen-bond acceptors (Lipinski definition) is 3. The maximum Gasteiger partial charge on any atom is 0.335 e. The van der Waals surface area contributed by atoms with Crippen molar-refractivity contribution in [2.45, 2.75) is 0 Å². The number of hydrogen-bond donors (Lipinski definition) is 2. The van der Waals surface area contributed by atoms with Crippen LogP contribution in [0.5, 0.6) is 0 Å². The van der Waals surface area contributed by atoms with Gasteiger partial charge in [0, 0.05) is 11.2 Å². The Morgan fingerprint density at radius 2 is 2.00 bits per heavy atom. The van der Waals surface area contributed by atoms with Crippen LogP contribution in [0.15, 0.2) is 36.5 Å². The first-order valence-electron chi connectivity index (χ1n) is 5.43. The minimum atomic E-state index is -1.25. The smallest absolute Gasteiger partial charge is 0.335 e. The predicted octanol–water partition coefficient (Wildman–Crippen LogP) is 2.82. The number of nitrogens with one attached hydrogen (secondary N) is 1. The van der Waals surface area contributed by atoms with Gasteiger partial charge in [-0.25, -0.2) is 9.18 Å². The van der Waals surface area contributed by atoms with Crippen LogP contribution in [0.4, 0.5) is 10.1 Å². The first kappa shape index (κ1) is 14.0. The SMILES string of the molecule is O=C(O)c1ccc(NC(=O)c2cc(Cl)ccn2)c(F)c1. The summed E-state index contributed by atoms with van der Waals surface area (Å²) in [6.07, 6.45) is 1.35. The lowest BCUT2D eigenvalue weighted by molar-refractivity contribution is 0.0696. The van der Waals surface area contributed by atoms with Gasteiger partial charge in [0.2, 0.25) is 0 Å². The highest BCUT2D eigenvalue weighted by Gasteiger charge is 2.13. The van der Waals surface area contributed by atoms with Crippen LogP contribution in [0, 0.1) is 5.82 Å². The van der Waals surface area contributed by atoms with Crippen LogP contribution in [-0.2, 0) is 0 Å². The van der Waals surface area contributed by atoms with Gasteiger partial charge in [-0.3, -0.25) is 9.78 Å². The van der Waals surface area contributed by atoms with Crippen molar-refractivity contribution < 1.29 is 19.1 Å². The molecule has 0 bridgehead atoms. The van der Waals surface area contributed by atoms with E-state index in [1.54, 1.807) is 0 Å². The molecule has 0 atom stereocenters. The highest BCUT2D eigenvalue weighted by molar-refractivity contribution is 6.30. The second-order valence-electron chi connectivity index (χ2n) is 3.81. The van der Waals surface area contributed by atoms with Gasteiger partial charge in [0.25, 0.3) is 5.91 Å². The lowest BCUT2D eigenvalue weighted by atomic mass is 10.2. The van der Waals surface area contributed by atoms with Gasteiger partial charge in [-0.15, -0.1) is 0 Å². The number of amides is 1. The first-order valence-corrected chi connectivity index (χ1v) is 5.81. The molecule has 7 heteroatoms. The third kappa shape index (κ3) is 3.10. The maximum atomic E-state index is 13.6. The Morgan fingerprint density at radius 3 is 2.60 bits per heavy atom. The van der Waals surface area contributed by atoms with Crippen LogP contribution < -0.4 is 5.32 Å². The second-order valence-corrected chi connectivity index (χ2v) is 4.25. The molecule has 0 spiro atoms. The number of carbonyl (C=O) groups excluding carboxylic acids is 1. The average molecular weight is 295 g/mol. The van der Waals surface area contributed by atoms with E-state index < -0.39 is 17.7 Å². The molecular formula is C13H8ClFN2O3. The van der Waals surface area contributed by atoms with Gasteiger partial charge in [0.1, 0.15) is 11.5 Å². The molecule has 0 aliphatic carbocycles. The lowest BCUT2D eigenvalue weighted by Gasteiger charge is -2.06. The van der Waals surface area contributed by atoms with Crippen LogP contribution >= 0.6 is 11.6 Å². The van der Waals surface area contributed by atoms with Crippen LogP contribution in [-0.4, -0.2) is 22.0 Å². The van der Waals surface area contributed by atoms with Crippen LogP contribution in [0.25, 0.3) is 0 Å². The molecule has 102 valence electrons. The van der Waals surface area contributed by atoms with E-state index in [1.165, 1.54) is 30.5 Å². The van der Waals surface area contributed by atoms with Crippen molar-refractivity contribution in [3.05, 3.63) is 58.6 Å². The molecule has 2 N–H and O–H groups in total. The summed E-state index contributed by atoms with van der Waals surface area (Å²) in [7, 11) is 0. The number of nitrogens with zero attached hydrogens (tertiary/aromatic N) is 1. The van der Waals surface area contributed by atoms with E-state index in [-0.39, 0.29) is 16.9 Å². The van der Waals surface area contributed by atoms with Crippen molar-refractivity contribution in [1.82, 2.24) is 4.98 Å². The van der Waals surface area contributed by atoms with Crippen molar-refractivity contribution in [2.24, 2.45) is 0 Å². The molecule has 0 unspecified atom stereocenters. The number of benzene rings is 1. The quantitative estimate of drug-likeness (QED) is 0.912. The molecule has 20 heavy (non-hydrogen) atoms. The van der Waals surface area contributed by atoms with Gasteiger partial charge < -0.3 is 10.4 Å². The average Bonchev–Trinajstić information content (AvgIpc) is 2.40. The van der Waals surface area contributed by atoms with E-state index in [0.717, 1.165) is 6.07 Å². The molecule has 0 radical (unpaired) electrons. The summed E-state index contributed by atoms with van der Waals surface area (Å²) in [6, 6.07) is 6.01. The van der Waals surface area contributed by atoms with Gasteiger partial charge >= 0.3 is 5.97 Å². The third-order valence-corrected chi connectivity index (χ3v) is 2.65. The van der Waals surface area contributed by atoms with E-state index in [4.69, 9.17) is 16.7 Å². The molecule has 0 saturated heterocycles. The zero-order chi connectivity index (χ0) is 14.7. The first-order chi connectivity index (χ1) is 9.47. The number of carboxylic acids is 1. The lowest BCUT2D eigenvalue weighted by Crippen LogP contribution is -2.14.